The van der Waals surface area contributed by atoms with Crippen molar-refractivity contribution in [3.8, 4) is 0 Å². The summed E-state index contributed by atoms with van der Waals surface area (Å²) in [5, 5.41) is 11.9. The van der Waals surface area contributed by atoms with Crippen LogP contribution in [0.25, 0.3) is 0 Å². The first-order valence-corrected chi connectivity index (χ1v) is 11.8. The molecule has 0 N–H and O–H groups in total. The zero-order valence-electron chi connectivity index (χ0n) is 19.0. The summed E-state index contributed by atoms with van der Waals surface area (Å²) in [6.45, 7) is 4.09. The first-order chi connectivity index (χ1) is 16.3. The highest BCUT2D eigenvalue weighted by atomic mass is 19.1. The van der Waals surface area contributed by atoms with Crippen LogP contribution in [0.1, 0.15) is 26.2 Å². The normalized spacial score (nSPS) is 25.0. The van der Waals surface area contributed by atoms with E-state index in [2.05, 4.69) is 6.92 Å². The molecule has 3 atom stereocenters. The predicted octanol–water partition coefficient (Wildman–Crippen LogP) is 3.99. The Bertz CT molecular complexity index is 1150. The minimum atomic E-state index is -0.470. The molecule has 5 rings (SSSR count). The minimum absolute atomic E-state index is 0.138. The van der Waals surface area contributed by atoms with Gasteiger partial charge in [0, 0.05) is 32.2 Å². The molecule has 178 valence electrons. The van der Waals surface area contributed by atoms with Gasteiger partial charge in [-0.1, -0.05) is 19.1 Å². The van der Waals surface area contributed by atoms with E-state index in [1.54, 1.807) is 30.3 Å². The maximum Gasteiger partial charge on any atom is 0.294 e. The Hall–Kier alpha value is -3.49. The fraction of sp³-hybridized carbons (Fsp3) is 0.440. The molecule has 34 heavy (non-hydrogen) atoms. The van der Waals surface area contributed by atoms with Crippen molar-refractivity contribution in [3.05, 3.63) is 58.4 Å². The summed E-state index contributed by atoms with van der Waals surface area (Å²) in [7, 11) is 0. The third-order valence-corrected chi connectivity index (χ3v) is 7.42. The number of para-hydroxylation sites is 1. The second-order valence-corrected chi connectivity index (χ2v) is 9.50. The van der Waals surface area contributed by atoms with Gasteiger partial charge in [-0.15, -0.1) is 0 Å². The van der Waals surface area contributed by atoms with Gasteiger partial charge in [0.05, 0.1) is 28.1 Å². The molecule has 9 heteroatoms. The van der Waals surface area contributed by atoms with Gasteiger partial charge in [0.15, 0.2) is 0 Å². The fourth-order valence-electron chi connectivity index (χ4n) is 5.61. The number of carbonyl (C=O) groups excluding carboxylic acids is 2. The lowest BCUT2D eigenvalue weighted by molar-refractivity contribution is -0.384. The lowest BCUT2D eigenvalue weighted by Crippen LogP contribution is -2.47. The number of fused-ring (bicyclic) bond motifs is 1. The molecule has 8 nitrogen and oxygen atoms in total. The number of nitro groups is 1. The molecule has 2 saturated heterocycles. The number of benzene rings is 2. The molecule has 2 aliphatic heterocycles. The number of rotatable bonds is 4. The van der Waals surface area contributed by atoms with Gasteiger partial charge >= 0.3 is 0 Å². The number of anilines is 3. The molecular formula is C25H27FN4O4. The summed E-state index contributed by atoms with van der Waals surface area (Å²) in [4.78, 5) is 42.5. The van der Waals surface area contributed by atoms with Crippen LogP contribution in [-0.2, 0) is 9.59 Å². The summed E-state index contributed by atoms with van der Waals surface area (Å²) in [6.07, 6.45) is 2.27. The number of halogens is 1. The molecular weight excluding hydrogens is 439 g/mol. The van der Waals surface area contributed by atoms with Gasteiger partial charge in [-0.3, -0.25) is 19.7 Å². The highest BCUT2D eigenvalue weighted by Gasteiger charge is 2.50. The lowest BCUT2D eigenvalue weighted by atomic mass is 9.76. The van der Waals surface area contributed by atoms with Crippen LogP contribution in [0.15, 0.2) is 42.5 Å². The van der Waals surface area contributed by atoms with Crippen LogP contribution in [0, 0.1) is 33.7 Å². The van der Waals surface area contributed by atoms with E-state index in [0.717, 1.165) is 11.3 Å². The van der Waals surface area contributed by atoms with E-state index in [0.29, 0.717) is 56.3 Å². The summed E-state index contributed by atoms with van der Waals surface area (Å²) >= 11 is 0. The number of piperazine rings is 1. The molecule has 1 saturated carbocycles. The van der Waals surface area contributed by atoms with Crippen molar-refractivity contribution >= 4 is 34.6 Å². The second kappa shape index (κ2) is 8.70. The van der Waals surface area contributed by atoms with Crippen molar-refractivity contribution in [2.75, 3.05) is 40.9 Å². The van der Waals surface area contributed by atoms with E-state index in [4.69, 9.17) is 0 Å². The zero-order valence-corrected chi connectivity index (χ0v) is 19.0. The Morgan fingerprint density at radius 2 is 1.56 bits per heavy atom. The molecule has 2 amide bonds. The number of nitrogens with zero attached hydrogens (tertiary/aromatic N) is 4. The van der Waals surface area contributed by atoms with Crippen molar-refractivity contribution in [2.24, 2.45) is 17.8 Å². The fourth-order valence-corrected chi connectivity index (χ4v) is 5.61. The Kier molecular flexibility index (Phi) is 5.71. The van der Waals surface area contributed by atoms with Gasteiger partial charge in [0.2, 0.25) is 11.8 Å². The van der Waals surface area contributed by atoms with Crippen molar-refractivity contribution in [2.45, 2.75) is 26.2 Å². The average molecular weight is 467 g/mol. The van der Waals surface area contributed by atoms with E-state index in [1.165, 1.54) is 12.1 Å². The molecule has 1 aliphatic carbocycles. The minimum Gasteiger partial charge on any atom is -0.366 e. The number of imide groups is 1. The molecule has 3 aliphatic rings. The molecule has 0 aromatic heterocycles. The molecule has 0 radical (unpaired) electrons. The number of hydrogen-bond acceptors (Lipinski definition) is 6. The van der Waals surface area contributed by atoms with Crippen LogP contribution in [0.4, 0.5) is 27.1 Å². The third-order valence-electron chi connectivity index (χ3n) is 7.42. The first-order valence-electron chi connectivity index (χ1n) is 11.8. The Balaban J connectivity index is 1.38. The molecule has 2 aromatic rings. The highest BCUT2D eigenvalue weighted by molar-refractivity contribution is 6.22. The maximum absolute atomic E-state index is 14.1. The van der Waals surface area contributed by atoms with Gasteiger partial charge in [-0.05, 0) is 49.4 Å². The average Bonchev–Trinajstić information content (AvgIpc) is 3.08. The van der Waals surface area contributed by atoms with Gasteiger partial charge in [-0.25, -0.2) is 9.29 Å². The van der Waals surface area contributed by atoms with E-state index in [9.17, 15) is 24.1 Å². The van der Waals surface area contributed by atoms with Gasteiger partial charge < -0.3 is 9.80 Å². The second-order valence-electron chi connectivity index (χ2n) is 9.50. The molecule has 2 heterocycles. The molecule has 0 spiro atoms. The van der Waals surface area contributed by atoms with Crippen LogP contribution >= 0.6 is 0 Å². The van der Waals surface area contributed by atoms with Gasteiger partial charge in [0.25, 0.3) is 5.69 Å². The number of nitro benzene ring substituents is 1. The van der Waals surface area contributed by atoms with Crippen molar-refractivity contribution in [1.82, 2.24) is 0 Å². The van der Waals surface area contributed by atoms with Crippen molar-refractivity contribution in [3.63, 3.8) is 0 Å². The predicted molar refractivity (Wildman–Crippen MR) is 126 cm³/mol. The summed E-state index contributed by atoms with van der Waals surface area (Å²) in [5.41, 5.74) is 1.08. The quantitative estimate of drug-likeness (QED) is 0.385. The summed E-state index contributed by atoms with van der Waals surface area (Å²) < 4.78 is 14.1. The summed E-state index contributed by atoms with van der Waals surface area (Å²) in [6, 6.07) is 11.2. The third kappa shape index (κ3) is 3.78. The van der Waals surface area contributed by atoms with E-state index < -0.39 is 4.92 Å². The zero-order chi connectivity index (χ0) is 24.0. The standard InChI is InChI=1S/C25H27FN4O4/c1-16-6-8-18-19(14-16)25(32)29(24(18)31)17-7-9-22(23(15-17)30(33)34)28-12-10-27(11-13-28)21-5-3-2-4-20(21)26/h2-5,7,9,15-16,18-19H,6,8,10-14H2,1H3/t16-,18-,19+/m1/s1. The molecule has 2 aromatic carbocycles. The van der Waals surface area contributed by atoms with Crippen molar-refractivity contribution < 1.29 is 18.9 Å². The molecule has 0 unspecified atom stereocenters. The Morgan fingerprint density at radius 1 is 0.912 bits per heavy atom. The number of hydrogen-bond donors (Lipinski definition) is 0. The highest BCUT2D eigenvalue weighted by Crippen LogP contribution is 2.43. The van der Waals surface area contributed by atoms with Crippen LogP contribution in [0.2, 0.25) is 0 Å². The van der Waals surface area contributed by atoms with Crippen molar-refractivity contribution in [1.29, 1.82) is 0 Å². The molecule has 0 bridgehead atoms. The van der Waals surface area contributed by atoms with Crippen LogP contribution in [0.5, 0.6) is 0 Å². The lowest BCUT2D eigenvalue weighted by Gasteiger charge is -2.37. The summed E-state index contributed by atoms with van der Waals surface area (Å²) in [5.74, 6) is -1.06. The first kappa shape index (κ1) is 22.3. The smallest absolute Gasteiger partial charge is 0.294 e. The SMILES string of the molecule is C[C@@H]1CC[C@H]2C(=O)N(c3ccc(N4CCN(c5ccccc5F)CC4)c([N+](=O)[O-])c3)C(=O)[C@H]2C1. The number of carbonyl (C=O) groups is 2. The monoisotopic (exact) mass is 466 g/mol. The topological polar surface area (TPSA) is 87.0 Å². The maximum atomic E-state index is 14.1. The van der Waals surface area contributed by atoms with E-state index in [1.807, 2.05) is 9.80 Å². The number of amides is 2. The van der Waals surface area contributed by atoms with Crippen LogP contribution < -0.4 is 14.7 Å². The van der Waals surface area contributed by atoms with E-state index in [-0.39, 0.29) is 40.8 Å². The van der Waals surface area contributed by atoms with Crippen LogP contribution in [-0.4, -0.2) is 42.9 Å². The molecule has 3 fully saturated rings. The Labute approximate surface area is 197 Å². The van der Waals surface area contributed by atoms with Crippen LogP contribution in [0.3, 0.4) is 0 Å². The van der Waals surface area contributed by atoms with Gasteiger partial charge in [0.1, 0.15) is 11.5 Å². The van der Waals surface area contributed by atoms with Gasteiger partial charge in [-0.2, -0.15) is 0 Å². The van der Waals surface area contributed by atoms with E-state index >= 15 is 0 Å². The largest absolute Gasteiger partial charge is 0.366 e. The Morgan fingerprint density at radius 3 is 2.24 bits per heavy atom.